The van der Waals surface area contributed by atoms with Crippen molar-refractivity contribution in [2.24, 2.45) is 20.0 Å². The summed E-state index contributed by atoms with van der Waals surface area (Å²) >= 11 is 6.25. The summed E-state index contributed by atoms with van der Waals surface area (Å²) in [5, 5.41) is 0.0499. The number of piperidine rings is 1. The minimum atomic E-state index is -0.491. The van der Waals surface area contributed by atoms with Crippen LogP contribution in [0, 0.1) is 5.92 Å². The Morgan fingerprint density at radius 1 is 1.11 bits per heavy atom. The van der Waals surface area contributed by atoms with Crippen LogP contribution in [-0.4, -0.2) is 42.1 Å². The van der Waals surface area contributed by atoms with Gasteiger partial charge in [0.25, 0.3) is 5.56 Å². The standard InChI is InChI=1S/C18H24ClN5O3/c1-21-15-14(16(26)22(2)18(21)27)24(17(19)20-15)10-13(25)23-9-5-7-11-6-3-4-8-12(11)23/h11-12H,3-10H2,1-2H3/t11-,12+/m0/s1. The third-order valence-corrected chi connectivity index (χ3v) is 6.45. The summed E-state index contributed by atoms with van der Waals surface area (Å²) in [6, 6.07) is 0.292. The number of fused-ring (bicyclic) bond motifs is 2. The van der Waals surface area contributed by atoms with Gasteiger partial charge in [0.1, 0.15) is 6.54 Å². The number of rotatable bonds is 2. The monoisotopic (exact) mass is 393 g/mol. The number of likely N-dealkylation sites (tertiary alicyclic amines) is 1. The van der Waals surface area contributed by atoms with Crippen LogP contribution in [0.15, 0.2) is 9.59 Å². The first kappa shape index (κ1) is 18.3. The molecule has 0 radical (unpaired) electrons. The molecule has 1 aliphatic heterocycles. The summed E-state index contributed by atoms with van der Waals surface area (Å²) in [6.07, 6.45) is 6.83. The minimum Gasteiger partial charge on any atom is -0.338 e. The third kappa shape index (κ3) is 2.90. The van der Waals surface area contributed by atoms with E-state index in [9.17, 15) is 14.4 Å². The molecule has 9 heteroatoms. The van der Waals surface area contributed by atoms with Crippen molar-refractivity contribution in [1.29, 1.82) is 0 Å². The number of imidazole rings is 1. The van der Waals surface area contributed by atoms with E-state index in [1.807, 2.05) is 4.90 Å². The summed E-state index contributed by atoms with van der Waals surface area (Å²) in [7, 11) is 2.95. The Kier molecular flexibility index (Phi) is 4.61. The normalized spacial score (nSPS) is 22.9. The molecule has 2 atom stereocenters. The highest BCUT2D eigenvalue weighted by Crippen LogP contribution is 2.35. The van der Waals surface area contributed by atoms with Crippen LogP contribution in [0.1, 0.15) is 38.5 Å². The van der Waals surface area contributed by atoms with E-state index < -0.39 is 11.2 Å². The summed E-state index contributed by atoms with van der Waals surface area (Å²) < 4.78 is 3.73. The zero-order chi connectivity index (χ0) is 19.3. The number of amides is 1. The van der Waals surface area contributed by atoms with Crippen LogP contribution < -0.4 is 11.2 Å². The molecule has 3 heterocycles. The zero-order valence-corrected chi connectivity index (χ0v) is 16.4. The lowest BCUT2D eigenvalue weighted by Gasteiger charge is -2.44. The molecule has 2 aromatic heterocycles. The number of hydrogen-bond donors (Lipinski definition) is 0. The van der Waals surface area contributed by atoms with Crippen molar-refractivity contribution < 1.29 is 4.79 Å². The Morgan fingerprint density at radius 3 is 2.59 bits per heavy atom. The number of aromatic nitrogens is 4. The number of aryl methyl sites for hydroxylation is 1. The van der Waals surface area contributed by atoms with Gasteiger partial charge in [-0.15, -0.1) is 0 Å². The second-order valence-electron chi connectivity index (χ2n) is 7.69. The van der Waals surface area contributed by atoms with Crippen molar-refractivity contribution in [3.63, 3.8) is 0 Å². The fourth-order valence-corrected chi connectivity index (χ4v) is 4.95. The second-order valence-corrected chi connectivity index (χ2v) is 8.02. The summed E-state index contributed by atoms with van der Waals surface area (Å²) in [5.41, 5.74) is -0.569. The van der Waals surface area contributed by atoms with Crippen molar-refractivity contribution in [3.05, 3.63) is 26.1 Å². The smallest absolute Gasteiger partial charge is 0.332 e. The molecule has 2 aromatic rings. The van der Waals surface area contributed by atoms with Crippen LogP contribution in [0.5, 0.6) is 0 Å². The van der Waals surface area contributed by atoms with Gasteiger partial charge in [0.05, 0.1) is 0 Å². The lowest BCUT2D eigenvalue weighted by Crippen LogP contribution is -2.50. The fourth-order valence-electron chi connectivity index (χ4n) is 4.72. The van der Waals surface area contributed by atoms with Crippen LogP contribution in [0.25, 0.3) is 11.2 Å². The molecule has 0 N–H and O–H groups in total. The highest BCUT2D eigenvalue weighted by atomic mass is 35.5. The third-order valence-electron chi connectivity index (χ3n) is 6.16. The van der Waals surface area contributed by atoms with Gasteiger partial charge in [0.2, 0.25) is 11.2 Å². The van der Waals surface area contributed by atoms with Gasteiger partial charge < -0.3 is 4.90 Å². The molecule has 0 spiro atoms. The van der Waals surface area contributed by atoms with E-state index in [0.29, 0.717) is 12.0 Å². The molecule has 8 nitrogen and oxygen atoms in total. The number of hydrogen-bond acceptors (Lipinski definition) is 4. The van der Waals surface area contributed by atoms with Crippen molar-refractivity contribution >= 4 is 28.7 Å². The van der Waals surface area contributed by atoms with Gasteiger partial charge in [-0.3, -0.25) is 23.3 Å². The van der Waals surface area contributed by atoms with E-state index in [0.717, 1.165) is 30.4 Å². The lowest BCUT2D eigenvalue weighted by atomic mass is 9.78. The Hall–Kier alpha value is -2.09. The van der Waals surface area contributed by atoms with E-state index in [1.165, 1.54) is 42.5 Å². The molecule has 2 aliphatic rings. The molecule has 4 rings (SSSR count). The van der Waals surface area contributed by atoms with Crippen molar-refractivity contribution in [2.75, 3.05) is 6.54 Å². The maximum atomic E-state index is 13.1. The lowest BCUT2D eigenvalue weighted by molar-refractivity contribution is -0.138. The number of carbonyl (C=O) groups is 1. The molecule has 1 saturated carbocycles. The molecule has 1 aliphatic carbocycles. The Balaban J connectivity index is 1.71. The first-order chi connectivity index (χ1) is 12.9. The highest BCUT2D eigenvalue weighted by molar-refractivity contribution is 6.29. The predicted molar refractivity (Wildman–Crippen MR) is 102 cm³/mol. The van der Waals surface area contributed by atoms with E-state index >= 15 is 0 Å². The van der Waals surface area contributed by atoms with Crippen molar-refractivity contribution in [1.82, 2.24) is 23.6 Å². The molecule has 27 heavy (non-hydrogen) atoms. The maximum Gasteiger partial charge on any atom is 0.332 e. The molecular formula is C18H24ClN5O3. The van der Waals surface area contributed by atoms with Crippen LogP contribution >= 0.6 is 11.6 Å². The SMILES string of the molecule is Cn1c(=O)c2c(nc(Cl)n2CC(=O)N2CCC[C@@H]3CCCC[C@H]32)n(C)c1=O. The van der Waals surface area contributed by atoms with Crippen LogP contribution in [0.3, 0.4) is 0 Å². The summed E-state index contributed by atoms with van der Waals surface area (Å²) in [4.78, 5) is 44.0. The van der Waals surface area contributed by atoms with Gasteiger partial charge in [-0.2, -0.15) is 4.98 Å². The van der Waals surface area contributed by atoms with Gasteiger partial charge in [0, 0.05) is 26.7 Å². The Bertz CT molecular complexity index is 1020. The molecule has 1 saturated heterocycles. The highest BCUT2D eigenvalue weighted by Gasteiger charge is 2.36. The number of halogens is 1. The predicted octanol–water partition coefficient (Wildman–Crippen LogP) is 1.27. The number of nitrogens with zero attached hydrogens (tertiary/aromatic N) is 5. The molecule has 146 valence electrons. The van der Waals surface area contributed by atoms with Crippen LogP contribution in [0.4, 0.5) is 0 Å². The molecule has 1 amide bonds. The summed E-state index contributed by atoms with van der Waals surface area (Å²) in [5.74, 6) is 0.545. The topological polar surface area (TPSA) is 82.1 Å². The first-order valence-corrected chi connectivity index (χ1v) is 9.89. The van der Waals surface area contributed by atoms with Crippen LogP contribution in [-0.2, 0) is 25.4 Å². The Labute approximate surface area is 161 Å². The summed E-state index contributed by atoms with van der Waals surface area (Å²) in [6.45, 7) is 0.715. The van der Waals surface area contributed by atoms with Gasteiger partial charge in [0.15, 0.2) is 11.2 Å². The van der Waals surface area contributed by atoms with Gasteiger partial charge in [-0.25, -0.2) is 4.79 Å². The average Bonchev–Trinajstić information content (AvgIpc) is 3.00. The largest absolute Gasteiger partial charge is 0.338 e. The zero-order valence-electron chi connectivity index (χ0n) is 15.7. The van der Waals surface area contributed by atoms with Crippen LogP contribution in [0.2, 0.25) is 5.28 Å². The van der Waals surface area contributed by atoms with Gasteiger partial charge in [-0.1, -0.05) is 12.8 Å². The molecule has 0 bridgehead atoms. The van der Waals surface area contributed by atoms with Gasteiger partial charge in [-0.05, 0) is 43.2 Å². The first-order valence-electron chi connectivity index (χ1n) is 9.51. The average molecular weight is 394 g/mol. The minimum absolute atomic E-state index is 0.0357. The van der Waals surface area contributed by atoms with E-state index in [2.05, 4.69) is 4.98 Å². The number of carbonyl (C=O) groups excluding carboxylic acids is 1. The molecule has 0 aromatic carbocycles. The molecule has 0 unspecified atom stereocenters. The van der Waals surface area contributed by atoms with E-state index in [-0.39, 0.29) is 28.9 Å². The Morgan fingerprint density at radius 2 is 1.81 bits per heavy atom. The quantitative estimate of drug-likeness (QED) is 0.719. The van der Waals surface area contributed by atoms with E-state index in [4.69, 9.17) is 11.6 Å². The maximum absolute atomic E-state index is 13.1. The molecule has 2 fully saturated rings. The van der Waals surface area contributed by atoms with Gasteiger partial charge >= 0.3 is 5.69 Å². The van der Waals surface area contributed by atoms with E-state index in [1.54, 1.807) is 0 Å². The van der Waals surface area contributed by atoms with Crippen molar-refractivity contribution in [2.45, 2.75) is 51.1 Å². The fraction of sp³-hybridized carbons (Fsp3) is 0.667. The van der Waals surface area contributed by atoms with Crippen molar-refractivity contribution in [3.8, 4) is 0 Å². The molecular weight excluding hydrogens is 370 g/mol. The second kappa shape index (κ2) is 6.82.